The number of benzene rings is 2. The van der Waals surface area contributed by atoms with Crippen molar-refractivity contribution in [3.05, 3.63) is 79.5 Å². The zero-order valence-corrected chi connectivity index (χ0v) is 16.8. The molecule has 0 aliphatic rings. The first-order valence-corrected chi connectivity index (χ1v) is 9.47. The minimum Gasteiger partial charge on any atom is -0.395 e. The van der Waals surface area contributed by atoms with Gasteiger partial charge in [0.05, 0.1) is 13.2 Å². The molecule has 3 rings (SSSR count). The van der Waals surface area contributed by atoms with Gasteiger partial charge >= 0.3 is 0 Å². The van der Waals surface area contributed by atoms with Gasteiger partial charge in [0, 0.05) is 33.0 Å². The Morgan fingerprint density at radius 3 is 2.52 bits per heavy atom. The number of hydrogen-bond acceptors (Lipinski definition) is 3. The Bertz CT molecular complexity index is 1040. The maximum absolute atomic E-state index is 12.8. The van der Waals surface area contributed by atoms with Crippen LogP contribution in [0.4, 0.5) is 0 Å². The Labute approximate surface area is 165 Å². The fraction of sp³-hybridized carbons (Fsp3) is 0.238. The number of nitrogens with one attached hydrogen (secondary N) is 1. The number of aryl methyl sites for hydroxylation is 2. The number of nitrogens with zero attached hydrogens (tertiary/aromatic N) is 1. The van der Waals surface area contributed by atoms with Crippen LogP contribution in [0, 0.1) is 13.8 Å². The van der Waals surface area contributed by atoms with Gasteiger partial charge in [-0.3, -0.25) is 9.59 Å². The lowest BCUT2D eigenvalue weighted by molar-refractivity contribution is 0.0707. The monoisotopic (exact) mass is 428 g/mol. The van der Waals surface area contributed by atoms with Crippen LogP contribution in [0.1, 0.15) is 27.0 Å². The second kappa shape index (κ2) is 8.06. The number of aromatic amines is 1. The second-order valence-electron chi connectivity index (χ2n) is 6.62. The molecular weight excluding hydrogens is 408 g/mol. The van der Waals surface area contributed by atoms with Crippen molar-refractivity contribution in [2.45, 2.75) is 20.4 Å². The molecule has 0 saturated heterocycles. The topological polar surface area (TPSA) is 73.4 Å². The first-order valence-electron chi connectivity index (χ1n) is 8.68. The van der Waals surface area contributed by atoms with E-state index in [1.807, 2.05) is 26.0 Å². The molecule has 3 aromatic rings. The normalized spacial score (nSPS) is 11.0. The largest absolute Gasteiger partial charge is 0.395 e. The standard InChI is InChI=1S/C21H21BrN2O3/c1-13-9-14(2)18-11-16(20(26)23-19(18)10-13)12-24(7-8-25)21(27)15-3-5-17(22)6-4-15/h3-6,9-11,25H,7-8,12H2,1-2H3,(H,23,26). The molecule has 0 aliphatic heterocycles. The van der Waals surface area contributed by atoms with Crippen molar-refractivity contribution in [2.75, 3.05) is 13.2 Å². The molecule has 2 aromatic carbocycles. The van der Waals surface area contributed by atoms with E-state index in [2.05, 4.69) is 27.0 Å². The number of carbonyl (C=O) groups excluding carboxylic acids is 1. The Balaban J connectivity index is 1.96. The number of H-pyrrole nitrogens is 1. The molecule has 1 aromatic heterocycles. The molecule has 0 saturated carbocycles. The van der Waals surface area contributed by atoms with E-state index in [1.165, 1.54) is 4.90 Å². The fourth-order valence-electron chi connectivity index (χ4n) is 3.19. The van der Waals surface area contributed by atoms with Crippen molar-refractivity contribution in [3.8, 4) is 0 Å². The maximum atomic E-state index is 12.8. The van der Waals surface area contributed by atoms with Gasteiger partial charge in [0.1, 0.15) is 0 Å². The zero-order valence-electron chi connectivity index (χ0n) is 15.3. The van der Waals surface area contributed by atoms with Gasteiger partial charge in [0.2, 0.25) is 0 Å². The summed E-state index contributed by atoms with van der Waals surface area (Å²) < 4.78 is 0.879. The minimum absolute atomic E-state index is 0.133. The third-order valence-electron chi connectivity index (χ3n) is 4.50. The molecule has 1 amide bonds. The molecule has 1 heterocycles. The van der Waals surface area contributed by atoms with Gasteiger partial charge in [-0.2, -0.15) is 0 Å². The summed E-state index contributed by atoms with van der Waals surface area (Å²) in [7, 11) is 0. The summed E-state index contributed by atoms with van der Waals surface area (Å²) in [4.78, 5) is 29.8. The van der Waals surface area contributed by atoms with Crippen LogP contribution in [0.2, 0.25) is 0 Å². The molecule has 2 N–H and O–H groups in total. The zero-order chi connectivity index (χ0) is 19.6. The summed E-state index contributed by atoms with van der Waals surface area (Å²) in [5.74, 6) is -0.225. The highest BCUT2D eigenvalue weighted by molar-refractivity contribution is 9.10. The number of rotatable bonds is 5. The molecule has 0 radical (unpaired) electrons. The van der Waals surface area contributed by atoms with E-state index in [4.69, 9.17) is 0 Å². The predicted octanol–water partition coefficient (Wildman–Crippen LogP) is 3.54. The van der Waals surface area contributed by atoms with Crippen molar-refractivity contribution in [3.63, 3.8) is 0 Å². The number of amides is 1. The van der Waals surface area contributed by atoms with Crippen LogP contribution < -0.4 is 5.56 Å². The summed E-state index contributed by atoms with van der Waals surface area (Å²) in [5.41, 5.74) is 3.71. The smallest absolute Gasteiger partial charge is 0.254 e. The van der Waals surface area contributed by atoms with Gasteiger partial charge in [-0.1, -0.05) is 22.0 Å². The van der Waals surface area contributed by atoms with Crippen molar-refractivity contribution >= 4 is 32.7 Å². The highest BCUT2D eigenvalue weighted by atomic mass is 79.9. The van der Waals surface area contributed by atoms with Gasteiger partial charge in [-0.15, -0.1) is 0 Å². The third kappa shape index (κ3) is 4.28. The molecule has 0 unspecified atom stereocenters. The number of aliphatic hydroxyl groups is 1. The molecule has 0 fully saturated rings. The van der Waals surface area contributed by atoms with Crippen LogP contribution in [-0.4, -0.2) is 34.0 Å². The molecule has 0 atom stereocenters. The van der Waals surface area contributed by atoms with Crippen molar-refractivity contribution in [2.24, 2.45) is 0 Å². The SMILES string of the molecule is Cc1cc(C)c2cc(CN(CCO)C(=O)c3ccc(Br)cc3)c(=O)[nH]c2c1. The molecule has 0 aliphatic carbocycles. The summed E-state index contributed by atoms with van der Waals surface area (Å²) in [6, 6.07) is 12.8. The summed E-state index contributed by atoms with van der Waals surface area (Å²) in [5, 5.41) is 10.3. The van der Waals surface area contributed by atoms with Gasteiger partial charge in [0.25, 0.3) is 11.5 Å². The number of halogens is 1. The van der Waals surface area contributed by atoms with Crippen LogP contribution in [0.3, 0.4) is 0 Å². The van der Waals surface area contributed by atoms with Gasteiger partial charge < -0.3 is 15.0 Å². The fourth-order valence-corrected chi connectivity index (χ4v) is 3.45. The Hall–Kier alpha value is -2.44. The van der Waals surface area contributed by atoms with E-state index in [9.17, 15) is 14.7 Å². The Morgan fingerprint density at radius 2 is 1.85 bits per heavy atom. The molecule has 0 bridgehead atoms. The van der Waals surface area contributed by atoms with Crippen LogP contribution in [-0.2, 0) is 6.54 Å². The average Bonchev–Trinajstić information content (AvgIpc) is 2.62. The quantitative estimate of drug-likeness (QED) is 0.652. The first kappa shape index (κ1) is 19.3. The van der Waals surface area contributed by atoms with Gasteiger partial charge in [-0.25, -0.2) is 0 Å². The van der Waals surface area contributed by atoms with E-state index in [0.717, 1.165) is 26.5 Å². The third-order valence-corrected chi connectivity index (χ3v) is 5.03. The van der Waals surface area contributed by atoms with E-state index >= 15 is 0 Å². The molecule has 27 heavy (non-hydrogen) atoms. The van der Waals surface area contributed by atoms with E-state index in [0.29, 0.717) is 11.1 Å². The van der Waals surface area contributed by atoms with Crippen molar-refractivity contribution in [1.82, 2.24) is 9.88 Å². The van der Waals surface area contributed by atoms with Crippen molar-refractivity contribution < 1.29 is 9.90 Å². The second-order valence-corrected chi connectivity index (χ2v) is 7.54. The lowest BCUT2D eigenvalue weighted by atomic mass is 10.0. The predicted molar refractivity (Wildman–Crippen MR) is 110 cm³/mol. The van der Waals surface area contributed by atoms with Crippen LogP contribution in [0.25, 0.3) is 10.9 Å². The van der Waals surface area contributed by atoms with Crippen LogP contribution in [0.5, 0.6) is 0 Å². The van der Waals surface area contributed by atoms with Crippen LogP contribution >= 0.6 is 15.9 Å². The Kier molecular flexibility index (Phi) is 5.77. The van der Waals surface area contributed by atoms with E-state index in [-0.39, 0.29) is 31.2 Å². The molecule has 140 valence electrons. The van der Waals surface area contributed by atoms with Gasteiger partial charge in [-0.05, 0) is 61.4 Å². The number of aliphatic hydroxyl groups excluding tert-OH is 1. The lowest BCUT2D eigenvalue weighted by Crippen LogP contribution is -2.35. The number of pyridine rings is 1. The number of carbonyl (C=O) groups is 1. The molecule has 0 spiro atoms. The van der Waals surface area contributed by atoms with Crippen LogP contribution in [0.15, 0.2) is 51.7 Å². The highest BCUT2D eigenvalue weighted by Crippen LogP contribution is 2.19. The van der Waals surface area contributed by atoms with Crippen molar-refractivity contribution in [1.29, 1.82) is 0 Å². The van der Waals surface area contributed by atoms with E-state index in [1.54, 1.807) is 24.3 Å². The maximum Gasteiger partial charge on any atom is 0.254 e. The number of aromatic nitrogens is 1. The molecule has 5 nitrogen and oxygen atoms in total. The average molecular weight is 429 g/mol. The Morgan fingerprint density at radius 1 is 1.15 bits per heavy atom. The first-order chi connectivity index (χ1) is 12.9. The molecular formula is C21H21BrN2O3. The number of fused-ring (bicyclic) bond motifs is 1. The summed E-state index contributed by atoms with van der Waals surface area (Å²) >= 11 is 3.35. The van der Waals surface area contributed by atoms with Gasteiger partial charge in [0.15, 0.2) is 0 Å². The minimum atomic E-state index is -0.225. The van der Waals surface area contributed by atoms with E-state index < -0.39 is 0 Å². The lowest BCUT2D eigenvalue weighted by Gasteiger charge is -2.22. The number of hydrogen-bond donors (Lipinski definition) is 2. The summed E-state index contributed by atoms with van der Waals surface area (Å²) in [6.07, 6.45) is 0. The summed E-state index contributed by atoms with van der Waals surface area (Å²) in [6.45, 7) is 4.09. The highest BCUT2D eigenvalue weighted by Gasteiger charge is 2.18. The molecule has 6 heteroatoms.